The summed E-state index contributed by atoms with van der Waals surface area (Å²) in [6, 6.07) is 9.08. The van der Waals surface area contributed by atoms with E-state index < -0.39 is 0 Å². The summed E-state index contributed by atoms with van der Waals surface area (Å²) in [5.74, 6) is 0. The van der Waals surface area contributed by atoms with Gasteiger partial charge >= 0.3 is 0 Å². The van der Waals surface area contributed by atoms with Gasteiger partial charge in [-0.3, -0.25) is 0 Å². The number of halogens is 2. The molecule has 2 nitrogen and oxygen atoms in total. The molecule has 30 heavy (non-hydrogen) atoms. The van der Waals surface area contributed by atoms with Gasteiger partial charge in [0.05, 0.1) is 0 Å². The minimum absolute atomic E-state index is 0. The van der Waals surface area contributed by atoms with Crippen LogP contribution in [0.15, 0.2) is 49.1 Å². The average molecular weight is 542 g/mol. The Morgan fingerprint density at radius 1 is 0.500 bits per heavy atom. The average Bonchev–Trinajstić information content (AvgIpc) is 2.63. The summed E-state index contributed by atoms with van der Waals surface area (Å²) in [5, 5.41) is 0. The highest BCUT2D eigenvalue weighted by molar-refractivity contribution is 5.18. The minimum Gasteiger partial charge on any atom is -1.00 e. The Kier molecular flexibility index (Phi) is 13.3. The van der Waals surface area contributed by atoms with Crippen molar-refractivity contribution in [2.75, 3.05) is 0 Å². The zero-order chi connectivity index (χ0) is 20.6. The van der Waals surface area contributed by atoms with E-state index in [1.807, 2.05) is 0 Å². The van der Waals surface area contributed by atoms with Crippen LogP contribution in [0.3, 0.4) is 0 Å². The quantitative estimate of drug-likeness (QED) is 0.309. The summed E-state index contributed by atoms with van der Waals surface area (Å²) >= 11 is 0. The van der Waals surface area contributed by atoms with Crippen molar-refractivity contribution in [3.63, 3.8) is 0 Å². The van der Waals surface area contributed by atoms with Crippen LogP contribution in [0.4, 0.5) is 0 Å². The largest absolute Gasteiger partial charge is 1.00 e. The summed E-state index contributed by atoms with van der Waals surface area (Å²) in [7, 11) is 0. The third-order valence-corrected chi connectivity index (χ3v) is 5.60. The second-order valence-corrected chi connectivity index (χ2v) is 10.3. The van der Waals surface area contributed by atoms with E-state index in [1.54, 1.807) is 0 Å². The Bertz CT molecular complexity index is 632. The zero-order valence-corrected chi connectivity index (χ0v) is 23.1. The summed E-state index contributed by atoms with van der Waals surface area (Å²) in [4.78, 5) is 0. The van der Waals surface area contributed by atoms with Crippen molar-refractivity contribution in [3.8, 4) is 0 Å². The molecule has 0 unspecified atom stereocenters. The minimum atomic E-state index is 0. The van der Waals surface area contributed by atoms with E-state index in [4.69, 9.17) is 0 Å². The van der Waals surface area contributed by atoms with Gasteiger partial charge in [0.1, 0.15) is 13.1 Å². The first-order chi connectivity index (χ1) is 13.2. The predicted molar refractivity (Wildman–Crippen MR) is 118 cm³/mol. The van der Waals surface area contributed by atoms with E-state index >= 15 is 0 Å². The molecular weight excluding hydrogens is 500 g/mol. The van der Waals surface area contributed by atoms with E-state index in [2.05, 4.69) is 99.7 Å². The van der Waals surface area contributed by atoms with Crippen LogP contribution in [0.25, 0.3) is 0 Å². The van der Waals surface area contributed by atoms with Crippen LogP contribution in [0, 0.1) is 0 Å². The lowest BCUT2D eigenvalue weighted by molar-refractivity contribution is -0.697. The molecule has 0 aromatic carbocycles. The van der Waals surface area contributed by atoms with Crippen LogP contribution < -0.4 is 43.1 Å². The lowest BCUT2D eigenvalue weighted by Crippen LogP contribution is -3.00. The maximum absolute atomic E-state index is 2.33. The molecule has 2 aromatic rings. The van der Waals surface area contributed by atoms with Gasteiger partial charge in [0, 0.05) is 37.1 Å². The molecule has 0 aliphatic carbocycles. The predicted octanol–water partition coefficient (Wildman–Crippen LogP) is -0.0946. The summed E-state index contributed by atoms with van der Waals surface area (Å²) in [6.07, 6.45) is 16.9. The normalized spacial score (nSPS) is 11.5. The monoisotopic (exact) mass is 540 g/mol. The number of aryl methyl sites for hydroxylation is 2. The summed E-state index contributed by atoms with van der Waals surface area (Å²) in [5.41, 5.74) is 3.31. The fourth-order valence-electron chi connectivity index (χ4n) is 3.51. The molecule has 0 aliphatic rings. The van der Waals surface area contributed by atoms with Crippen molar-refractivity contribution >= 4 is 0 Å². The maximum Gasteiger partial charge on any atom is 0.169 e. The third-order valence-electron chi connectivity index (χ3n) is 5.60. The molecule has 0 N–H and O–H groups in total. The highest BCUT2D eigenvalue weighted by atomic mass is 79.9. The van der Waals surface area contributed by atoms with Crippen molar-refractivity contribution in [1.82, 2.24) is 0 Å². The van der Waals surface area contributed by atoms with E-state index in [0.717, 1.165) is 13.1 Å². The van der Waals surface area contributed by atoms with Crippen LogP contribution in [-0.4, -0.2) is 0 Å². The molecule has 0 amide bonds. The third kappa shape index (κ3) is 10.5. The number of hydrogen-bond acceptors (Lipinski definition) is 0. The zero-order valence-electron chi connectivity index (χ0n) is 19.9. The first-order valence-electron chi connectivity index (χ1n) is 11.2. The smallest absolute Gasteiger partial charge is 0.169 e. The Hall–Kier alpha value is -0.740. The Morgan fingerprint density at radius 3 is 1.03 bits per heavy atom. The molecule has 4 heteroatoms. The number of nitrogens with zero attached hydrogens (tertiary/aromatic N) is 2. The molecule has 0 atom stereocenters. The van der Waals surface area contributed by atoms with Crippen LogP contribution in [0.1, 0.15) is 91.2 Å². The molecule has 0 radical (unpaired) electrons. The molecule has 2 heterocycles. The van der Waals surface area contributed by atoms with E-state index in [1.165, 1.54) is 49.7 Å². The number of pyridine rings is 2. The standard InChI is InChI=1S/C26H42N2.2BrH/c1-25(2,3)23-13-19-27(20-14-23)17-11-9-7-8-10-12-18-28-21-15-24(16-22-28)26(4,5)6;;/h13-16,19-22H,7-12,17-18H2,1-6H3;2*1H/q+2;;/p-2. The Labute approximate surface area is 206 Å². The molecule has 2 aromatic heterocycles. The van der Waals surface area contributed by atoms with E-state index in [9.17, 15) is 0 Å². The van der Waals surface area contributed by atoms with Gasteiger partial charge in [0.25, 0.3) is 0 Å². The Morgan fingerprint density at radius 2 is 0.767 bits per heavy atom. The van der Waals surface area contributed by atoms with Gasteiger partial charge < -0.3 is 34.0 Å². The molecule has 0 bridgehead atoms. The van der Waals surface area contributed by atoms with Gasteiger partial charge in [-0.15, -0.1) is 0 Å². The topological polar surface area (TPSA) is 7.76 Å². The van der Waals surface area contributed by atoms with Gasteiger partial charge in [0.15, 0.2) is 24.8 Å². The van der Waals surface area contributed by atoms with E-state index in [0.29, 0.717) is 0 Å². The SMILES string of the molecule is CC(C)(C)c1cc[n+](CCCCCCCC[n+]2ccc(C(C)(C)C)cc2)cc1.[Br-].[Br-]. The van der Waals surface area contributed by atoms with Crippen LogP contribution in [-0.2, 0) is 23.9 Å². The fourth-order valence-corrected chi connectivity index (χ4v) is 3.51. The lowest BCUT2D eigenvalue weighted by atomic mass is 9.88. The van der Waals surface area contributed by atoms with Crippen molar-refractivity contribution < 1.29 is 43.1 Å². The van der Waals surface area contributed by atoms with Crippen molar-refractivity contribution in [2.45, 2.75) is 104 Å². The number of unbranched alkanes of at least 4 members (excludes halogenated alkanes) is 5. The van der Waals surface area contributed by atoms with Crippen molar-refractivity contribution in [2.24, 2.45) is 0 Å². The first kappa shape index (κ1) is 29.3. The van der Waals surface area contributed by atoms with Crippen LogP contribution >= 0.6 is 0 Å². The van der Waals surface area contributed by atoms with Gasteiger partial charge in [-0.2, -0.15) is 0 Å². The maximum atomic E-state index is 2.33. The highest BCUT2D eigenvalue weighted by Crippen LogP contribution is 2.21. The lowest BCUT2D eigenvalue weighted by Gasteiger charge is -2.17. The molecule has 0 saturated carbocycles. The highest BCUT2D eigenvalue weighted by Gasteiger charge is 2.15. The summed E-state index contributed by atoms with van der Waals surface area (Å²) < 4.78 is 4.65. The molecule has 2 rings (SSSR count). The van der Waals surface area contributed by atoms with Crippen LogP contribution in [0.5, 0.6) is 0 Å². The molecule has 0 saturated heterocycles. The second kappa shape index (κ2) is 13.6. The van der Waals surface area contributed by atoms with Gasteiger partial charge in [-0.25, -0.2) is 9.13 Å². The molecule has 0 aliphatic heterocycles. The van der Waals surface area contributed by atoms with E-state index in [-0.39, 0.29) is 44.8 Å². The van der Waals surface area contributed by atoms with Gasteiger partial charge in [0.2, 0.25) is 0 Å². The van der Waals surface area contributed by atoms with Gasteiger partial charge in [-0.1, -0.05) is 54.4 Å². The Balaban J connectivity index is 0.00000420. The second-order valence-electron chi connectivity index (χ2n) is 10.3. The molecule has 0 fully saturated rings. The number of rotatable bonds is 9. The summed E-state index contributed by atoms with van der Waals surface area (Å²) in [6.45, 7) is 15.9. The van der Waals surface area contributed by atoms with Gasteiger partial charge in [-0.05, 0) is 34.8 Å². The molecular formula is C26H42Br2N2. The molecule has 0 spiro atoms. The van der Waals surface area contributed by atoms with Crippen LogP contribution in [0.2, 0.25) is 0 Å². The molecule has 170 valence electrons. The van der Waals surface area contributed by atoms with Crippen molar-refractivity contribution in [1.29, 1.82) is 0 Å². The number of hydrogen-bond donors (Lipinski definition) is 0. The van der Waals surface area contributed by atoms with Crippen molar-refractivity contribution in [3.05, 3.63) is 60.2 Å². The fraction of sp³-hybridized carbons (Fsp3) is 0.615. The first-order valence-corrected chi connectivity index (χ1v) is 11.2. The number of aromatic nitrogens is 2.